The van der Waals surface area contributed by atoms with Crippen LogP contribution in [0.4, 0.5) is 5.69 Å². The van der Waals surface area contributed by atoms with Crippen LogP contribution in [0.25, 0.3) is 0 Å². The van der Waals surface area contributed by atoms with Crippen molar-refractivity contribution in [2.24, 2.45) is 18.9 Å². The summed E-state index contributed by atoms with van der Waals surface area (Å²) in [6.07, 6.45) is 3.82. The largest absolute Gasteiger partial charge is 0.377 e. The van der Waals surface area contributed by atoms with Crippen molar-refractivity contribution in [1.82, 2.24) is 4.57 Å². The number of nitrogens with zero attached hydrogens (tertiary/aromatic N) is 1. The molecule has 1 aromatic rings. The number of rotatable bonds is 2. The predicted octanol–water partition coefficient (Wildman–Crippen LogP) is 0.749. The highest BCUT2D eigenvalue weighted by atomic mass is 16.5. The number of pyridine rings is 1. The zero-order chi connectivity index (χ0) is 12.7. The molecule has 2 fully saturated rings. The Morgan fingerprint density at radius 3 is 3.11 bits per heavy atom. The number of carbonyl (C=O) groups excluding carboxylic acids is 1. The Hall–Kier alpha value is -1.62. The number of hydrogen-bond donors (Lipinski definition) is 1. The van der Waals surface area contributed by atoms with Crippen LogP contribution in [0.3, 0.4) is 0 Å². The Morgan fingerprint density at radius 2 is 2.39 bits per heavy atom. The van der Waals surface area contributed by atoms with E-state index in [-0.39, 0.29) is 23.5 Å². The number of ether oxygens (including phenoxy) is 1. The zero-order valence-corrected chi connectivity index (χ0v) is 10.3. The van der Waals surface area contributed by atoms with E-state index in [1.807, 2.05) is 0 Å². The molecule has 1 saturated heterocycles. The lowest BCUT2D eigenvalue weighted by atomic mass is 10.2. The number of nitrogens with one attached hydrogen (secondary N) is 1. The topological polar surface area (TPSA) is 60.3 Å². The summed E-state index contributed by atoms with van der Waals surface area (Å²) in [5.41, 5.74) is 0.157. The van der Waals surface area contributed by atoms with Crippen LogP contribution in [0.5, 0.6) is 0 Å². The van der Waals surface area contributed by atoms with Crippen LogP contribution in [0, 0.1) is 11.8 Å². The van der Waals surface area contributed by atoms with Crippen molar-refractivity contribution in [2.45, 2.75) is 18.9 Å². The van der Waals surface area contributed by atoms with E-state index in [1.54, 1.807) is 25.4 Å². The third kappa shape index (κ3) is 1.84. The molecule has 18 heavy (non-hydrogen) atoms. The Kier molecular flexibility index (Phi) is 2.70. The number of aryl methyl sites for hydroxylation is 1. The van der Waals surface area contributed by atoms with Crippen molar-refractivity contribution >= 4 is 11.6 Å². The summed E-state index contributed by atoms with van der Waals surface area (Å²) in [4.78, 5) is 23.8. The number of aromatic nitrogens is 1. The van der Waals surface area contributed by atoms with Crippen LogP contribution >= 0.6 is 0 Å². The van der Waals surface area contributed by atoms with E-state index < -0.39 is 0 Å². The normalized spacial score (nSPS) is 29.5. The Labute approximate surface area is 105 Å². The fourth-order valence-electron chi connectivity index (χ4n) is 2.70. The molecule has 3 rings (SSSR count). The molecule has 0 radical (unpaired) electrons. The van der Waals surface area contributed by atoms with Crippen LogP contribution in [-0.4, -0.2) is 23.2 Å². The first-order chi connectivity index (χ1) is 8.68. The standard InChI is InChI=1S/C13H16N2O3/c1-15-6-2-5-9(13(15)17)14-12(16)10-8-4-3-7-18-11(8)10/h2,5-6,8,10-11H,3-4,7H2,1H3,(H,14,16). The van der Waals surface area contributed by atoms with Crippen LogP contribution < -0.4 is 10.9 Å². The Balaban J connectivity index is 1.72. The molecule has 2 aliphatic rings. The van der Waals surface area contributed by atoms with E-state index in [0.717, 1.165) is 19.4 Å². The Bertz CT molecular complexity index is 525. The van der Waals surface area contributed by atoms with Crippen molar-refractivity contribution in [3.8, 4) is 0 Å². The van der Waals surface area contributed by atoms with E-state index >= 15 is 0 Å². The molecule has 0 aromatic carbocycles. The summed E-state index contributed by atoms with van der Waals surface area (Å²) in [6.45, 7) is 0.748. The highest BCUT2D eigenvalue weighted by Crippen LogP contribution is 2.48. The average molecular weight is 248 g/mol. The second-order valence-electron chi connectivity index (χ2n) is 4.99. The van der Waals surface area contributed by atoms with E-state index in [0.29, 0.717) is 11.6 Å². The van der Waals surface area contributed by atoms with Gasteiger partial charge in [0, 0.05) is 25.8 Å². The van der Waals surface area contributed by atoms with Crippen molar-refractivity contribution in [3.63, 3.8) is 0 Å². The van der Waals surface area contributed by atoms with Gasteiger partial charge in [-0.1, -0.05) is 0 Å². The first kappa shape index (κ1) is 11.5. The molecular formula is C13H16N2O3. The van der Waals surface area contributed by atoms with E-state index in [2.05, 4.69) is 5.32 Å². The van der Waals surface area contributed by atoms with Crippen molar-refractivity contribution in [3.05, 3.63) is 28.7 Å². The minimum atomic E-state index is -0.185. The maximum Gasteiger partial charge on any atom is 0.274 e. The van der Waals surface area contributed by atoms with Gasteiger partial charge in [0.05, 0.1) is 12.0 Å². The summed E-state index contributed by atoms with van der Waals surface area (Å²) in [7, 11) is 1.66. The fraction of sp³-hybridized carbons (Fsp3) is 0.538. The number of hydrogen-bond acceptors (Lipinski definition) is 3. The summed E-state index contributed by atoms with van der Waals surface area (Å²) < 4.78 is 6.98. The second kappa shape index (κ2) is 4.24. The van der Waals surface area contributed by atoms with Gasteiger partial charge < -0.3 is 14.6 Å². The number of carbonyl (C=O) groups is 1. The molecular weight excluding hydrogens is 232 g/mol. The van der Waals surface area contributed by atoms with Gasteiger partial charge in [0.15, 0.2) is 0 Å². The maximum atomic E-state index is 12.1. The SMILES string of the molecule is Cn1cccc(NC(=O)C2C3CCCOC32)c1=O. The lowest BCUT2D eigenvalue weighted by Gasteiger charge is -2.07. The van der Waals surface area contributed by atoms with Crippen LogP contribution in [-0.2, 0) is 16.6 Å². The molecule has 0 spiro atoms. The van der Waals surface area contributed by atoms with Gasteiger partial charge in [-0.2, -0.15) is 0 Å². The van der Waals surface area contributed by atoms with Gasteiger partial charge in [-0.3, -0.25) is 9.59 Å². The van der Waals surface area contributed by atoms with Crippen molar-refractivity contribution < 1.29 is 9.53 Å². The molecule has 1 amide bonds. The molecule has 5 heteroatoms. The first-order valence-electron chi connectivity index (χ1n) is 6.26. The van der Waals surface area contributed by atoms with Crippen molar-refractivity contribution in [2.75, 3.05) is 11.9 Å². The van der Waals surface area contributed by atoms with Crippen LogP contribution in [0.2, 0.25) is 0 Å². The van der Waals surface area contributed by atoms with Gasteiger partial charge in [0.2, 0.25) is 5.91 Å². The molecule has 1 aliphatic carbocycles. The molecule has 5 nitrogen and oxygen atoms in total. The molecule has 1 aliphatic heterocycles. The monoisotopic (exact) mass is 248 g/mol. The lowest BCUT2D eigenvalue weighted by Crippen LogP contribution is -2.25. The molecule has 0 bridgehead atoms. The van der Waals surface area contributed by atoms with Gasteiger partial charge in [0.25, 0.3) is 5.56 Å². The number of fused-ring (bicyclic) bond motifs is 1. The fourth-order valence-corrected chi connectivity index (χ4v) is 2.70. The van der Waals surface area contributed by atoms with Crippen LogP contribution in [0.15, 0.2) is 23.1 Å². The van der Waals surface area contributed by atoms with Gasteiger partial charge in [0.1, 0.15) is 5.69 Å². The van der Waals surface area contributed by atoms with Crippen LogP contribution in [0.1, 0.15) is 12.8 Å². The highest BCUT2D eigenvalue weighted by molar-refractivity contribution is 5.95. The molecule has 2 heterocycles. The smallest absolute Gasteiger partial charge is 0.274 e. The number of amides is 1. The second-order valence-corrected chi connectivity index (χ2v) is 4.99. The molecule has 1 saturated carbocycles. The van der Waals surface area contributed by atoms with E-state index in [4.69, 9.17) is 4.74 Å². The van der Waals surface area contributed by atoms with E-state index in [9.17, 15) is 9.59 Å². The number of anilines is 1. The average Bonchev–Trinajstić information content (AvgIpc) is 3.09. The minimum Gasteiger partial charge on any atom is -0.377 e. The molecule has 1 aromatic heterocycles. The summed E-state index contributed by atoms with van der Waals surface area (Å²) >= 11 is 0. The van der Waals surface area contributed by atoms with E-state index in [1.165, 1.54) is 4.57 Å². The predicted molar refractivity (Wildman–Crippen MR) is 66.3 cm³/mol. The third-order valence-electron chi connectivity index (χ3n) is 3.77. The first-order valence-corrected chi connectivity index (χ1v) is 6.26. The van der Waals surface area contributed by atoms with Gasteiger partial charge in [-0.15, -0.1) is 0 Å². The third-order valence-corrected chi connectivity index (χ3v) is 3.77. The Morgan fingerprint density at radius 1 is 1.56 bits per heavy atom. The molecule has 1 N–H and O–H groups in total. The summed E-state index contributed by atoms with van der Waals surface area (Å²) in [6, 6.07) is 3.38. The minimum absolute atomic E-state index is 0.0718. The molecule has 3 unspecified atom stereocenters. The maximum absolute atomic E-state index is 12.1. The molecule has 3 atom stereocenters. The zero-order valence-electron chi connectivity index (χ0n) is 10.3. The quantitative estimate of drug-likeness (QED) is 0.840. The van der Waals surface area contributed by atoms with Gasteiger partial charge in [-0.05, 0) is 25.0 Å². The summed E-state index contributed by atoms with van der Waals surface area (Å²) in [5, 5.41) is 2.72. The van der Waals surface area contributed by atoms with Crippen molar-refractivity contribution in [1.29, 1.82) is 0 Å². The van der Waals surface area contributed by atoms with Gasteiger partial charge >= 0.3 is 0 Å². The highest BCUT2D eigenvalue weighted by Gasteiger charge is 2.56. The lowest BCUT2D eigenvalue weighted by molar-refractivity contribution is -0.118. The summed E-state index contributed by atoms with van der Waals surface area (Å²) in [5.74, 6) is 0.193. The van der Waals surface area contributed by atoms with Gasteiger partial charge in [-0.25, -0.2) is 0 Å². The molecule has 96 valence electrons.